The van der Waals surface area contributed by atoms with Gasteiger partial charge in [-0.2, -0.15) is 18.2 Å². The van der Waals surface area contributed by atoms with Crippen molar-refractivity contribution in [1.82, 2.24) is 10.3 Å². The summed E-state index contributed by atoms with van der Waals surface area (Å²) in [6.45, 7) is 1.98. The molecule has 27 heavy (non-hydrogen) atoms. The molecule has 0 fully saturated rings. The lowest BCUT2D eigenvalue weighted by molar-refractivity contribution is -0.137. The second-order valence-electron chi connectivity index (χ2n) is 6.01. The monoisotopic (exact) mass is 381 g/mol. The fourth-order valence-electron chi connectivity index (χ4n) is 2.76. The summed E-state index contributed by atoms with van der Waals surface area (Å²) in [5.74, 6) is 0.432. The maximum Gasteiger partial charge on any atom is 0.416 e. The third kappa shape index (κ3) is 4.24. The van der Waals surface area contributed by atoms with Gasteiger partial charge in [-0.05, 0) is 30.3 Å². The average molecular weight is 381 g/mol. The first-order valence-electron chi connectivity index (χ1n) is 8.19. The first kappa shape index (κ1) is 18.8. The lowest BCUT2D eigenvalue weighted by atomic mass is 10.1. The van der Waals surface area contributed by atoms with Gasteiger partial charge in [0.15, 0.2) is 0 Å². The third-order valence-corrected chi connectivity index (χ3v) is 4.06. The van der Waals surface area contributed by atoms with Crippen LogP contribution >= 0.6 is 0 Å². The molecule has 1 atom stereocenters. The number of nitrogens with one attached hydrogen (secondary N) is 1. The molecular formula is C18H18F3N3O3. The number of benzene rings is 1. The Morgan fingerprint density at radius 2 is 2.00 bits per heavy atom. The minimum Gasteiger partial charge on any atom is -0.481 e. The molecule has 1 aromatic carbocycles. The number of fused-ring (bicyclic) bond motifs is 1. The zero-order valence-electron chi connectivity index (χ0n) is 14.7. The Labute approximate surface area is 153 Å². The Morgan fingerprint density at radius 3 is 2.59 bits per heavy atom. The molecule has 0 saturated carbocycles. The predicted octanol–water partition coefficient (Wildman–Crippen LogP) is 3.14. The number of hydrogen-bond donors (Lipinski definition) is 1. The highest BCUT2D eigenvalue weighted by atomic mass is 19.4. The van der Waals surface area contributed by atoms with Gasteiger partial charge in [0, 0.05) is 18.7 Å². The van der Waals surface area contributed by atoms with E-state index in [9.17, 15) is 18.0 Å². The second kappa shape index (κ2) is 7.34. The number of ether oxygens (including phenoxy) is 2. The van der Waals surface area contributed by atoms with Crippen LogP contribution in [0.3, 0.4) is 0 Å². The van der Waals surface area contributed by atoms with E-state index in [1.807, 2.05) is 0 Å². The van der Waals surface area contributed by atoms with Crippen LogP contribution in [0.1, 0.15) is 12.5 Å². The fraction of sp³-hybridized carbons (Fsp3) is 0.333. The van der Waals surface area contributed by atoms with Crippen LogP contribution in [-0.2, 0) is 11.0 Å². The highest BCUT2D eigenvalue weighted by Gasteiger charge is 2.32. The van der Waals surface area contributed by atoms with E-state index in [1.54, 1.807) is 17.0 Å². The van der Waals surface area contributed by atoms with Crippen molar-refractivity contribution in [2.75, 3.05) is 25.1 Å². The molecule has 1 N–H and O–H groups in total. The minimum atomic E-state index is -4.40. The minimum absolute atomic E-state index is 0.205. The predicted molar refractivity (Wildman–Crippen MR) is 92.3 cm³/mol. The van der Waals surface area contributed by atoms with E-state index >= 15 is 0 Å². The van der Waals surface area contributed by atoms with Crippen LogP contribution in [0.15, 0.2) is 36.4 Å². The smallest absolute Gasteiger partial charge is 0.416 e. The number of rotatable bonds is 4. The second-order valence-corrected chi connectivity index (χ2v) is 6.01. The summed E-state index contributed by atoms with van der Waals surface area (Å²) in [4.78, 5) is 17.3. The van der Waals surface area contributed by atoms with E-state index in [0.717, 1.165) is 12.1 Å². The normalized spacial score (nSPS) is 16.3. The van der Waals surface area contributed by atoms with E-state index < -0.39 is 17.8 Å². The molecule has 0 bridgehead atoms. The van der Waals surface area contributed by atoms with Gasteiger partial charge >= 0.3 is 6.18 Å². The molecule has 2 heterocycles. The van der Waals surface area contributed by atoms with Gasteiger partial charge in [-0.1, -0.05) is 0 Å². The summed E-state index contributed by atoms with van der Waals surface area (Å²) in [5.41, 5.74) is 0.448. The summed E-state index contributed by atoms with van der Waals surface area (Å²) < 4.78 is 49.4. The molecule has 1 unspecified atom stereocenters. The van der Waals surface area contributed by atoms with Crippen molar-refractivity contribution in [2.45, 2.75) is 19.2 Å². The van der Waals surface area contributed by atoms with Crippen LogP contribution in [0, 0.1) is 0 Å². The first-order valence-corrected chi connectivity index (χ1v) is 8.19. The van der Waals surface area contributed by atoms with Crippen molar-refractivity contribution in [2.24, 2.45) is 0 Å². The Kier molecular flexibility index (Phi) is 5.11. The van der Waals surface area contributed by atoms with Crippen molar-refractivity contribution < 1.29 is 27.4 Å². The van der Waals surface area contributed by atoms with E-state index in [2.05, 4.69) is 10.3 Å². The zero-order chi connectivity index (χ0) is 19.6. The fourth-order valence-corrected chi connectivity index (χ4v) is 2.76. The standard InChI is InChI=1S/C18H18F3N3O3/c1-11(25)22-9-14-10-24(13-5-3-12(4-6-13)18(19,20)21)15-7-8-16(26-2)23-17(15)27-14/h3-8,14H,9-10H2,1-2H3,(H,22,25). The SMILES string of the molecule is COc1ccc2c(n1)OC(CNC(C)=O)CN2c1ccc(C(F)(F)F)cc1. The van der Waals surface area contributed by atoms with Crippen LogP contribution in [0.5, 0.6) is 11.8 Å². The van der Waals surface area contributed by atoms with Crippen molar-refractivity contribution in [3.63, 3.8) is 0 Å². The Bertz CT molecular complexity index is 825. The maximum atomic E-state index is 12.8. The van der Waals surface area contributed by atoms with Crippen LogP contribution in [0.4, 0.5) is 24.5 Å². The number of hydrogen-bond acceptors (Lipinski definition) is 5. The summed E-state index contributed by atoms with van der Waals surface area (Å²) in [6, 6.07) is 8.24. The molecule has 0 saturated heterocycles. The van der Waals surface area contributed by atoms with E-state index in [4.69, 9.17) is 9.47 Å². The summed E-state index contributed by atoms with van der Waals surface area (Å²) >= 11 is 0. The molecule has 2 aromatic rings. The molecule has 0 aliphatic carbocycles. The molecule has 6 nitrogen and oxygen atoms in total. The molecule has 1 aromatic heterocycles. The van der Waals surface area contributed by atoms with Crippen molar-refractivity contribution in [3.8, 4) is 11.8 Å². The maximum absolute atomic E-state index is 12.8. The number of carbonyl (C=O) groups excluding carboxylic acids is 1. The topological polar surface area (TPSA) is 63.7 Å². The number of carbonyl (C=O) groups is 1. The molecule has 1 aliphatic heterocycles. The molecular weight excluding hydrogens is 363 g/mol. The number of anilines is 2. The molecule has 1 amide bonds. The number of alkyl halides is 3. The number of methoxy groups -OCH3 is 1. The third-order valence-electron chi connectivity index (χ3n) is 4.06. The summed E-state index contributed by atoms with van der Waals surface area (Å²) in [7, 11) is 1.47. The molecule has 3 rings (SSSR count). The number of nitrogens with zero attached hydrogens (tertiary/aromatic N) is 2. The molecule has 0 radical (unpaired) electrons. The van der Waals surface area contributed by atoms with Gasteiger partial charge < -0.3 is 19.7 Å². The van der Waals surface area contributed by atoms with Crippen molar-refractivity contribution in [3.05, 3.63) is 42.0 Å². The van der Waals surface area contributed by atoms with Crippen LogP contribution in [-0.4, -0.2) is 37.2 Å². The lowest BCUT2D eigenvalue weighted by Crippen LogP contribution is -2.44. The number of halogens is 3. The largest absolute Gasteiger partial charge is 0.481 e. The summed E-state index contributed by atoms with van der Waals surface area (Å²) in [5, 5.41) is 2.68. The first-order chi connectivity index (χ1) is 12.8. The van der Waals surface area contributed by atoms with Crippen LogP contribution in [0.2, 0.25) is 0 Å². The highest BCUT2D eigenvalue weighted by Crippen LogP contribution is 2.39. The Hall–Kier alpha value is -2.97. The van der Waals surface area contributed by atoms with Crippen LogP contribution in [0.25, 0.3) is 0 Å². The lowest BCUT2D eigenvalue weighted by Gasteiger charge is -2.35. The molecule has 0 spiro atoms. The van der Waals surface area contributed by atoms with Gasteiger partial charge in [-0.25, -0.2) is 0 Å². The number of amides is 1. The van der Waals surface area contributed by atoms with Crippen molar-refractivity contribution in [1.29, 1.82) is 0 Å². The molecule has 9 heteroatoms. The van der Waals surface area contributed by atoms with E-state index in [1.165, 1.54) is 26.2 Å². The average Bonchev–Trinajstić information content (AvgIpc) is 2.64. The quantitative estimate of drug-likeness (QED) is 0.882. The highest BCUT2D eigenvalue weighted by molar-refractivity contribution is 5.73. The number of pyridine rings is 1. The Morgan fingerprint density at radius 1 is 1.30 bits per heavy atom. The van der Waals surface area contributed by atoms with E-state index in [0.29, 0.717) is 23.8 Å². The van der Waals surface area contributed by atoms with Gasteiger partial charge in [0.2, 0.25) is 17.7 Å². The van der Waals surface area contributed by atoms with Gasteiger partial charge in [0.1, 0.15) is 11.8 Å². The van der Waals surface area contributed by atoms with Crippen molar-refractivity contribution >= 4 is 17.3 Å². The van der Waals surface area contributed by atoms with Crippen LogP contribution < -0.4 is 19.7 Å². The van der Waals surface area contributed by atoms with Gasteiger partial charge in [0.05, 0.1) is 25.8 Å². The van der Waals surface area contributed by atoms with Gasteiger partial charge in [-0.15, -0.1) is 0 Å². The van der Waals surface area contributed by atoms with Gasteiger partial charge in [-0.3, -0.25) is 4.79 Å². The number of aromatic nitrogens is 1. The van der Waals surface area contributed by atoms with E-state index in [-0.39, 0.29) is 18.3 Å². The molecule has 1 aliphatic rings. The van der Waals surface area contributed by atoms with Gasteiger partial charge in [0.25, 0.3) is 0 Å². The molecule has 144 valence electrons. The Balaban J connectivity index is 1.94. The zero-order valence-corrected chi connectivity index (χ0v) is 14.7. The summed E-state index contributed by atoms with van der Waals surface area (Å²) in [6.07, 6.45) is -4.83.